The Morgan fingerprint density at radius 2 is 2.08 bits per heavy atom. The van der Waals surface area contributed by atoms with Crippen molar-refractivity contribution >= 4 is 5.97 Å². The molecule has 2 aromatic carbocycles. The fraction of sp³-hybridized carbons (Fsp3) is 0.316. The largest absolute Gasteiger partial charge is 0.493 e. The molecule has 0 radical (unpaired) electrons. The second-order valence-corrected chi connectivity index (χ2v) is 5.81. The molecular formula is C19H20FNO3. The Morgan fingerprint density at radius 3 is 2.83 bits per heavy atom. The van der Waals surface area contributed by atoms with Crippen molar-refractivity contribution in [1.29, 1.82) is 0 Å². The van der Waals surface area contributed by atoms with Crippen LogP contribution in [0.25, 0.3) is 11.1 Å². The van der Waals surface area contributed by atoms with Gasteiger partial charge in [0.05, 0.1) is 13.0 Å². The minimum absolute atomic E-state index is 0.0545. The molecule has 0 atom stereocenters. The third kappa shape index (κ3) is 3.26. The van der Waals surface area contributed by atoms with Crippen molar-refractivity contribution in [3.05, 3.63) is 52.8 Å². The van der Waals surface area contributed by atoms with Crippen molar-refractivity contribution in [2.24, 2.45) is 0 Å². The molecule has 1 aliphatic rings. The molecule has 5 heteroatoms. The number of carbonyl (C=O) groups is 1. The molecule has 0 bridgehead atoms. The van der Waals surface area contributed by atoms with Gasteiger partial charge in [0.15, 0.2) is 0 Å². The summed E-state index contributed by atoms with van der Waals surface area (Å²) in [5.41, 5.74) is 4.07. The summed E-state index contributed by atoms with van der Waals surface area (Å²) in [6.07, 6.45) is 0.592. The minimum atomic E-state index is -0.882. The van der Waals surface area contributed by atoms with Crippen LogP contribution in [0.2, 0.25) is 0 Å². The van der Waals surface area contributed by atoms with Gasteiger partial charge in [-0.3, -0.25) is 4.79 Å². The van der Waals surface area contributed by atoms with E-state index in [9.17, 15) is 9.18 Å². The highest BCUT2D eigenvalue weighted by molar-refractivity contribution is 5.77. The quantitative estimate of drug-likeness (QED) is 0.885. The fourth-order valence-electron chi connectivity index (χ4n) is 3.17. The standard InChI is InChI=1S/C19H20FNO3/c1-2-24-18-6-3-12(10-19(22)23)9-15(18)13-4-5-17(20)14-7-8-21-11-16(13)14/h3-6,9,21H,2,7-8,10-11H2,1H3,(H,22,23). The molecule has 126 valence electrons. The van der Waals surface area contributed by atoms with Gasteiger partial charge in [0.1, 0.15) is 11.6 Å². The molecule has 0 amide bonds. The van der Waals surface area contributed by atoms with E-state index in [1.54, 1.807) is 18.2 Å². The molecule has 0 spiro atoms. The number of ether oxygens (including phenoxy) is 1. The Balaban J connectivity index is 2.15. The average Bonchev–Trinajstić information content (AvgIpc) is 2.57. The van der Waals surface area contributed by atoms with Crippen LogP contribution in [0.15, 0.2) is 30.3 Å². The van der Waals surface area contributed by atoms with Gasteiger partial charge < -0.3 is 15.2 Å². The van der Waals surface area contributed by atoms with Crippen molar-refractivity contribution in [3.8, 4) is 16.9 Å². The first-order valence-electron chi connectivity index (χ1n) is 8.09. The van der Waals surface area contributed by atoms with Gasteiger partial charge in [-0.2, -0.15) is 0 Å². The van der Waals surface area contributed by atoms with Crippen LogP contribution in [0.1, 0.15) is 23.6 Å². The summed E-state index contributed by atoms with van der Waals surface area (Å²) in [6, 6.07) is 8.63. The zero-order valence-electron chi connectivity index (χ0n) is 13.6. The van der Waals surface area contributed by atoms with Crippen molar-refractivity contribution in [3.63, 3.8) is 0 Å². The molecule has 0 aromatic heterocycles. The number of rotatable bonds is 5. The van der Waals surface area contributed by atoms with Crippen LogP contribution in [-0.4, -0.2) is 24.2 Å². The van der Waals surface area contributed by atoms with Crippen molar-refractivity contribution < 1.29 is 19.0 Å². The van der Waals surface area contributed by atoms with Crippen LogP contribution in [-0.2, 0) is 24.2 Å². The van der Waals surface area contributed by atoms with E-state index in [4.69, 9.17) is 9.84 Å². The van der Waals surface area contributed by atoms with Crippen molar-refractivity contribution in [2.45, 2.75) is 26.3 Å². The van der Waals surface area contributed by atoms with E-state index in [0.717, 1.165) is 28.8 Å². The summed E-state index contributed by atoms with van der Waals surface area (Å²) in [4.78, 5) is 11.0. The number of benzene rings is 2. The van der Waals surface area contributed by atoms with Gasteiger partial charge >= 0.3 is 5.97 Å². The molecule has 1 heterocycles. The van der Waals surface area contributed by atoms with Crippen molar-refractivity contribution in [1.82, 2.24) is 5.32 Å². The SMILES string of the molecule is CCOc1ccc(CC(=O)O)cc1-c1ccc(F)c2c1CNCC2. The number of nitrogens with one attached hydrogen (secondary N) is 1. The van der Waals surface area contributed by atoms with E-state index in [1.807, 2.05) is 13.0 Å². The molecule has 0 aliphatic carbocycles. The highest BCUT2D eigenvalue weighted by atomic mass is 19.1. The van der Waals surface area contributed by atoms with E-state index in [1.165, 1.54) is 6.07 Å². The van der Waals surface area contributed by atoms with Gasteiger partial charge in [-0.25, -0.2) is 4.39 Å². The van der Waals surface area contributed by atoms with Crippen LogP contribution in [0.4, 0.5) is 4.39 Å². The zero-order chi connectivity index (χ0) is 17.1. The molecule has 4 nitrogen and oxygen atoms in total. The lowest BCUT2D eigenvalue weighted by molar-refractivity contribution is -0.136. The molecule has 0 unspecified atom stereocenters. The van der Waals surface area contributed by atoms with Gasteiger partial charge in [-0.15, -0.1) is 0 Å². The monoisotopic (exact) mass is 329 g/mol. The average molecular weight is 329 g/mol. The Labute approximate surface area is 140 Å². The second-order valence-electron chi connectivity index (χ2n) is 5.81. The maximum atomic E-state index is 14.1. The van der Waals surface area contributed by atoms with Crippen molar-refractivity contribution in [2.75, 3.05) is 13.2 Å². The van der Waals surface area contributed by atoms with E-state index < -0.39 is 5.97 Å². The number of carboxylic acid groups (broad SMARTS) is 1. The number of carboxylic acids is 1. The molecule has 2 aromatic rings. The normalized spacial score (nSPS) is 13.4. The third-order valence-electron chi connectivity index (χ3n) is 4.22. The second kappa shape index (κ2) is 7.01. The molecule has 2 N–H and O–H groups in total. The zero-order valence-corrected chi connectivity index (χ0v) is 13.6. The summed E-state index contributed by atoms with van der Waals surface area (Å²) in [7, 11) is 0. The van der Waals surface area contributed by atoms with Crippen LogP contribution in [0, 0.1) is 5.82 Å². The Bertz CT molecular complexity index is 773. The fourth-order valence-corrected chi connectivity index (χ4v) is 3.17. The molecule has 0 saturated carbocycles. The first-order valence-corrected chi connectivity index (χ1v) is 8.09. The van der Waals surface area contributed by atoms with Crippen LogP contribution in [0.3, 0.4) is 0 Å². The number of hydrogen-bond donors (Lipinski definition) is 2. The maximum Gasteiger partial charge on any atom is 0.307 e. The predicted octanol–water partition coefficient (Wildman–Crippen LogP) is 3.16. The topological polar surface area (TPSA) is 58.6 Å². The summed E-state index contributed by atoms with van der Waals surface area (Å²) in [6.45, 7) is 3.76. The van der Waals surface area contributed by atoms with Gasteiger partial charge in [0.25, 0.3) is 0 Å². The lowest BCUT2D eigenvalue weighted by Crippen LogP contribution is -2.25. The summed E-state index contributed by atoms with van der Waals surface area (Å²) in [5, 5.41) is 12.3. The summed E-state index contributed by atoms with van der Waals surface area (Å²) in [5.74, 6) is -0.381. The summed E-state index contributed by atoms with van der Waals surface area (Å²) < 4.78 is 19.8. The molecular weight excluding hydrogens is 309 g/mol. The molecule has 24 heavy (non-hydrogen) atoms. The predicted molar refractivity (Wildman–Crippen MR) is 89.8 cm³/mol. The van der Waals surface area contributed by atoms with Crippen LogP contribution in [0.5, 0.6) is 5.75 Å². The van der Waals surface area contributed by atoms with E-state index in [2.05, 4.69) is 5.32 Å². The van der Waals surface area contributed by atoms with E-state index in [0.29, 0.717) is 30.9 Å². The van der Waals surface area contributed by atoms with E-state index >= 15 is 0 Å². The molecule has 1 aliphatic heterocycles. The molecule has 0 saturated heterocycles. The summed E-state index contributed by atoms with van der Waals surface area (Å²) >= 11 is 0. The number of halogens is 1. The minimum Gasteiger partial charge on any atom is -0.493 e. The molecule has 3 rings (SSSR count). The lowest BCUT2D eigenvalue weighted by atomic mass is 9.90. The number of fused-ring (bicyclic) bond motifs is 1. The first-order chi connectivity index (χ1) is 11.6. The first kappa shape index (κ1) is 16.5. The van der Waals surface area contributed by atoms with Gasteiger partial charge in [-0.1, -0.05) is 12.1 Å². The maximum absolute atomic E-state index is 14.1. The highest BCUT2D eigenvalue weighted by Crippen LogP contribution is 2.36. The Morgan fingerprint density at radius 1 is 1.25 bits per heavy atom. The van der Waals surface area contributed by atoms with Crippen LogP contribution >= 0.6 is 0 Å². The van der Waals surface area contributed by atoms with Gasteiger partial charge in [0.2, 0.25) is 0 Å². The lowest BCUT2D eigenvalue weighted by Gasteiger charge is -2.22. The number of hydrogen-bond acceptors (Lipinski definition) is 3. The number of aliphatic carboxylic acids is 1. The Kier molecular flexibility index (Phi) is 4.81. The van der Waals surface area contributed by atoms with Gasteiger partial charge in [-0.05, 0) is 60.3 Å². The van der Waals surface area contributed by atoms with E-state index in [-0.39, 0.29) is 12.2 Å². The highest BCUT2D eigenvalue weighted by Gasteiger charge is 2.20. The molecule has 0 fully saturated rings. The third-order valence-corrected chi connectivity index (χ3v) is 4.22. The van der Waals surface area contributed by atoms with Gasteiger partial charge in [0, 0.05) is 12.1 Å². The van der Waals surface area contributed by atoms with Crippen LogP contribution < -0.4 is 10.1 Å². The smallest absolute Gasteiger partial charge is 0.307 e. The Hall–Kier alpha value is -2.40.